The SMILES string of the molecule is COc1cccc(F)c1-c1nc(Nc2c(C)ccnc2C(C)C)c(NC2CCN(C(=O)OC(C)(C)C)[C@@H](C)C2)cc1F. The van der Waals surface area contributed by atoms with E-state index in [4.69, 9.17) is 9.47 Å². The molecule has 226 valence electrons. The summed E-state index contributed by atoms with van der Waals surface area (Å²) in [7, 11) is 1.41. The lowest BCUT2D eigenvalue weighted by Gasteiger charge is -2.39. The molecule has 4 rings (SSSR count). The molecule has 0 bridgehead atoms. The highest BCUT2D eigenvalue weighted by atomic mass is 19.1. The minimum absolute atomic E-state index is 0.0571. The Morgan fingerprint density at radius 1 is 1.17 bits per heavy atom. The van der Waals surface area contributed by atoms with Gasteiger partial charge in [-0.3, -0.25) is 4.98 Å². The summed E-state index contributed by atoms with van der Waals surface area (Å²) in [6.45, 7) is 14.0. The van der Waals surface area contributed by atoms with Gasteiger partial charge in [-0.15, -0.1) is 0 Å². The minimum Gasteiger partial charge on any atom is -0.496 e. The van der Waals surface area contributed by atoms with Crippen molar-refractivity contribution in [2.75, 3.05) is 24.3 Å². The smallest absolute Gasteiger partial charge is 0.410 e. The van der Waals surface area contributed by atoms with E-state index in [0.717, 1.165) is 16.9 Å². The van der Waals surface area contributed by atoms with E-state index in [-0.39, 0.29) is 41.1 Å². The van der Waals surface area contributed by atoms with Crippen molar-refractivity contribution in [3.05, 3.63) is 59.4 Å². The first-order valence-corrected chi connectivity index (χ1v) is 14.3. The van der Waals surface area contributed by atoms with Gasteiger partial charge in [0.25, 0.3) is 0 Å². The fourth-order valence-corrected chi connectivity index (χ4v) is 5.19. The molecule has 0 spiro atoms. The number of aryl methyl sites for hydroxylation is 1. The number of ether oxygens (including phenoxy) is 2. The maximum atomic E-state index is 15.8. The van der Waals surface area contributed by atoms with Gasteiger partial charge in [-0.05, 0) is 77.1 Å². The Kier molecular flexibility index (Phi) is 9.23. The summed E-state index contributed by atoms with van der Waals surface area (Å²) in [4.78, 5) is 23.7. The van der Waals surface area contributed by atoms with Crippen LogP contribution in [0.15, 0.2) is 36.5 Å². The Morgan fingerprint density at radius 2 is 1.90 bits per heavy atom. The van der Waals surface area contributed by atoms with E-state index in [9.17, 15) is 4.79 Å². The zero-order valence-electron chi connectivity index (χ0n) is 25.6. The molecule has 2 aromatic heterocycles. The van der Waals surface area contributed by atoms with E-state index < -0.39 is 17.2 Å². The molecule has 1 aliphatic rings. The summed E-state index contributed by atoms with van der Waals surface area (Å²) < 4.78 is 41.7. The lowest BCUT2D eigenvalue weighted by molar-refractivity contribution is 0.0112. The molecule has 1 saturated heterocycles. The van der Waals surface area contributed by atoms with Crippen LogP contribution in [0.2, 0.25) is 0 Å². The minimum atomic E-state index is -0.697. The zero-order chi connectivity index (χ0) is 30.8. The molecule has 42 heavy (non-hydrogen) atoms. The van der Waals surface area contributed by atoms with Crippen LogP contribution >= 0.6 is 0 Å². The predicted octanol–water partition coefficient (Wildman–Crippen LogP) is 7.81. The fraction of sp³-hybridized carbons (Fsp3) is 0.469. The van der Waals surface area contributed by atoms with Crippen LogP contribution in [0.4, 0.5) is 30.8 Å². The number of pyridine rings is 2. The van der Waals surface area contributed by atoms with E-state index in [1.165, 1.54) is 25.3 Å². The van der Waals surface area contributed by atoms with E-state index >= 15 is 8.78 Å². The number of rotatable bonds is 7. The van der Waals surface area contributed by atoms with Crippen molar-refractivity contribution < 1.29 is 23.0 Å². The third-order valence-electron chi connectivity index (χ3n) is 7.25. The molecule has 3 aromatic rings. The molecule has 0 radical (unpaired) electrons. The van der Waals surface area contributed by atoms with Crippen LogP contribution in [0.5, 0.6) is 5.75 Å². The number of piperidine rings is 1. The van der Waals surface area contributed by atoms with Gasteiger partial charge in [-0.1, -0.05) is 19.9 Å². The van der Waals surface area contributed by atoms with E-state index in [1.807, 2.05) is 54.5 Å². The number of benzene rings is 1. The number of hydrogen-bond donors (Lipinski definition) is 2. The fourth-order valence-electron chi connectivity index (χ4n) is 5.19. The van der Waals surface area contributed by atoms with Crippen LogP contribution in [0.1, 0.15) is 71.6 Å². The monoisotopic (exact) mass is 581 g/mol. The standard InChI is InChI=1S/C32H41F2N5O3/c1-18(2)27-28(19(3)12-14-35-27)37-30-24(17-23(34)29(38-30)26-22(33)10-9-11-25(26)41-8)36-21-13-15-39(20(4)16-21)31(40)42-32(5,6)7/h9-12,14,17-18,20-21,36H,13,15-16H2,1-8H3,(H,37,38)/t20-,21?/m0/s1. The number of anilines is 3. The average Bonchev–Trinajstić information content (AvgIpc) is 2.90. The summed E-state index contributed by atoms with van der Waals surface area (Å²) in [6, 6.07) is 7.37. The average molecular weight is 582 g/mol. The summed E-state index contributed by atoms with van der Waals surface area (Å²) >= 11 is 0. The molecule has 2 atom stereocenters. The first kappa shape index (κ1) is 31.0. The molecule has 1 aromatic carbocycles. The van der Waals surface area contributed by atoms with E-state index in [0.29, 0.717) is 30.9 Å². The Bertz CT molecular complexity index is 1440. The summed E-state index contributed by atoms with van der Waals surface area (Å²) in [5.74, 6) is -0.726. The molecule has 1 amide bonds. The number of amides is 1. The Balaban J connectivity index is 1.72. The summed E-state index contributed by atoms with van der Waals surface area (Å²) in [6.07, 6.45) is 2.64. The quantitative estimate of drug-likeness (QED) is 0.294. The molecule has 8 nitrogen and oxygen atoms in total. The molecular weight excluding hydrogens is 540 g/mol. The van der Waals surface area contributed by atoms with Gasteiger partial charge in [0.15, 0.2) is 11.6 Å². The van der Waals surface area contributed by atoms with Crippen LogP contribution in [0, 0.1) is 18.6 Å². The third-order valence-corrected chi connectivity index (χ3v) is 7.25. The normalized spacial score (nSPS) is 17.3. The van der Waals surface area contributed by atoms with Crippen LogP contribution in [-0.4, -0.2) is 52.3 Å². The second-order valence-electron chi connectivity index (χ2n) is 12.1. The number of carbonyl (C=O) groups excluding carboxylic acids is 1. The Hall–Kier alpha value is -3.95. The summed E-state index contributed by atoms with van der Waals surface area (Å²) in [5.41, 5.74) is 2.14. The highest BCUT2D eigenvalue weighted by molar-refractivity contribution is 5.79. The van der Waals surface area contributed by atoms with Crippen molar-refractivity contribution >= 4 is 23.3 Å². The van der Waals surface area contributed by atoms with E-state index in [2.05, 4.69) is 20.6 Å². The number of nitrogens with zero attached hydrogens (tertiary/aromatic N) is 3. The third kappa shape index (κ3) is 6.91. The molecule has 1 unspecified atom stereocenters. The van der Waals surface area contributed by atoms with Gasteiger partial charge in [-0.25, -0.2) is 18.6 Å². The molecule has 1 fully saturated rings. The molecular formula is C32H41F2N5O3. The first-order valence-electron chi connectivity index (χ1n) is 14.3. The van der Waals surface area contributed by atoms with Crippen LogP contribution in [0.25, 0.3) is 11.3 Å². The van der Waals surface area contributed by atoms with Crippen LogP contribution < -0.4 is 15.4 Å². The Labute approximate surface area is 246 Å². The highest BCUT2D eigenvalue weighted by Gasteiger charge is 2.32. The number of aromatic nitrogens is 2. The largest absolute Gasteiger partial charge is 0.496 e. The number of nitrogens with one attached hydrogen (secondary N) is 2. The van der Waals surface area contributed by atoms with Crippen molar-refractivity contribution in [2.45, 2.75) is 84.9 Å². The topological polar surface area (TPSA) is 88.6 Å². The molecule has 0 saturated carbocycles. The zero-order valence-corrected chi connectivity index (χ0v) is 25.6. The maximum absolute atomic E-state index is 15.8. The highest BCUT2D eigenvalue weighted by Crippen LogP contribution is 2.38. The van der Waals surface area contributed by atoms with Gasteiger partial charge >= 0.3 is 6.09 Å². The predicted molar refractivity (Wildman–Crippen MR) is 162 cm³/mol. The molecule has 2 N–H and O–H groups in total. The first-order chi connectivity index (χ1) is 19.8. The van der Waals surface area contributed by atoms with Crippen molar-refractivity contribution in [1.29, 1.82) is 0 Å². The van der Waals surface area contributed by atoms with Crippen molar-refractivity contribution in [2.24, 2.45) is 0 Å². The Morgan fingerprint density at radius 3 is 2.55 bits per heavy atom. The van der Waals surface area contributed by atoms with Gasteiger partial charge < -0.3 is 25.0 Å². The van der Waals surface area contributed by atoms with Gasteiger partial charge in [0.2, 0.25) is 0 Å². The van der Waals surface area contributed by atoms with E-state index in [1.54, 1.807) is 17.2 Å². The van der Waals surface area contributed by atoms with Gasteiger partial charge in [-0.2, -0.15) is 0 Å². The van der Waals surface area contributed by atoms with Gasteiger partial charge in [0.05, 0.1) is 29.7 Å². The number of likely N-dealkylation sites (tertiary alicyclic amines) is 1. The van der Waals surface area contributed by atoms with Gasteiger partial charge in [0.1, 0.15) is 22.9 Å². The molecule has 1 aliphatic heterocycles. The van der Waals surface area contributed by atoms with Crippen LogP contribution in [0.3, 0.4) is 0 Å². The molecule has 3 heterocycles. The number of halogens is 2. The van der Waals surface area contributed by atoms with Crippen molar-refractivity contribution in [1.82, 2.24) is 14.9 Å². The lowest BCUT2D eigenvalue weighted by atomic mass is 9.98. The summed E-state index contributed by atoms with van der Waals surface area (Å²) in [5, 5.41) is 6.84. The lowest BCUT2D eigenvalue weighted by Crippen LogP contribution is -2.49. The van der Waals surface area contributed by atoms with Crippen LogP contribution in [-0.2, 0) is 4.74 Å². The molecule has 10 heteroatoms. The second kappa shape index (κ2) is 12.5. The van der Waals surface area contributed by atoms with Crippen molar-refractivity contribution in [3.8, 4) is 17.0 Å². The number of methoxy groups -OCH3 is 1. The molecule has 0 aliphatic carbocycles. The van der Waals surface area contributed by atoms with Gasteiger partial charge in [0, 0.05) is 30.9 Å². The number of carbonyl (C=O) groups is 1. The van der Waals surface area contributed by atoms with Crippen molar-refractivity contribution in [3.63, 3.8) is 0 Å². The maximum Gasteiger partial charge on any atom is 0.410 e. The number of hydrogen-bond acceptors (Lipinski definition) is 7. The second-order valence-corrected chi connectivity index (χ2v) is 12.1.